The van der Waals surface area contributed by atoms with Gasteiger partial charge in [0.1, 0.15) is 5.82 Å². The lowest BCUT2D eigenvalue weighted by Gasteiger charge is -2.38. The number of amides is 2. The van der Waals surface area contributed by atoms with E-state index in [4.69, 9.17) is 0 Å². The zero-order valence-electron chi connectivity index (χ0n) is 17.5. The maximum atomic E-state index is 13.0. The third-order valence-corrected chi connectivity index (χ3v) is 6.16. The molecule has 1 unspecified atom stereocenters. The van der Waals surface area contributed by atoms with Crippen molar-refractivity contribution in [2.45, 2.75) is 31.7 Å². The van der Waals surface area contributed by atoms with E-state index in [2.05, 4.69) is 39.3 Å². The van der Waals surface area contributed by atoms with Crippen LogP contribution in [0.1, 0.15) is 37.5 Å². The fraction of sp³-hybridized carbons (Fsp3) is 0.545. The van der Waals surface area contributed by atoms with Crippen molar-refractivity contribution < 1.29 is 4.79 Å². The van der Waals surface area contributed by atoms with Crippen LogP contribution in [0.3, 0.4) is 0 Å². The standard InChI is InChI=1S/C22H32N6O/c1-25-14-15-28(17-20(25)21-23-10-13-26(21)2)22(29)24-18-8-7-9-19(16-18)27-11-5-3-4-6-12-27/h7-10,13,16,20H,3-6,11-12,14-15,17H2,1-2H3,(H,24,29). The Morgan fingerprint density at radius 1 is 1.07 bits per heavy atom. The zero-order valence-corrected chi connectivity index (χ0v) is 17.5. The van der Waals surface area contributed by atoms with E-state index in [-0.39, 0.29) is 12.1 Å². The minimum atomic E-state index is -0.0367. The van der Waals surface area contributed by atoms with Crippen molar-refractivity contribution in [2.24, 2.45) is 7.05 Å². The highest BCUT2D eigenvalue weighted by molar-refractivity contribution is 5.90. The molecule has 4 rings (SSSR count). The normalized spacial score (nSPS) is 21.1. The van der Waals surface area contributed by atoms with Gasteiger partial charge in [-0.2, -0.15) is 0 Å². The molecule has 2 aromatic rings. The van der Waals surface area contributed by atoms with Gasteiger partial charge in [0.2, 0.25) is 0 Å². The molecule has 0 aliphatic carbocycles. The molecule has 0 bridgehead atoms. The van der Waals surface area contributed by atoms with Gasteiger partial charge in [-0.1, -0.05) is 18.9 Å². The van der Waals surface area contributed by atoms with Crippen molar-refractivity contribution >= 4 is 17.4 Å². The van der Waals surface area contributed by atoms with E-state index in [1.54, 1.807) is 0 Å². The molecule has 2 aliphatic rings. The first kappa shape index (κ1) is 19.8. The van der Waals surface area contributed by atoms with Crippen molar-refractivity contribution in [3.63, 3.8) is 0 Å². The van der Waals surface area contributed by atoms with Gasteiger partial charge in [0.15, 0.2) is 0 Å². The number of carbonyl (C=O) groups excluding carboxylic acids is 1. The molecule has 0 spiro atoms. The molecule has 2 saturated heterocycles. The number of nitrogens with one attached hydrogen (secondary N) is 1. The number of anilines is 2. The van der Waals surface area contributed by atoms with Crippen LogP contribution in [-0.2, 0) is 7.05 Å². The highest BCUT2D eigenvalue weighted by Crippen LogP contribution is 2.25. The first-order valence-electron chi connectivity index (χ1n) is 10.7. The number of urea groups is 1. The van der Waals surface area contributed by atoms with Gasteiger partial charge in [-0.05, 0) is 38.1 Å². The molecule has 1 N–H and O–H groups in total. The molecule has 0 radical (unpaired) electrons. The summed E-state index contributed by atoms with van der Waals surface area (Å²) in [4.78, 5) is 24.1. The third-order valence-electron chi connectivity index (χ3n) is 6.16. The second-order valence-corrected chi connectivity index (χ2v) is 8.22. The van der Waals surface area contributed by atoms with Crippen LogP contribution in [0.2, 0.25) is 0 Å². The lowest BCUT2D eigenvalue weighted by Crippen LogP contribution is -2.50. The van der Waals surface area contributed by atoms with Gasteiger partial charge in [0, 0.05) is 63.5 Å². The van der Waals surface area contributed by atoms with E-state index >= 15 is 0 Å². The predicted octanol–water partition coefficient (Wildman–Crippen LogP) is 3.32. The number of benzene rings is 1. The van der Waals surface area contributed by atoms with Crippen molar-refractivity contribution in [3.05, 3.63) is 42.5 Å². The summed E-state index contributed by atoms with van der Waals surface area (Å²) in [6, 6.07) is 8.34. The fourth-order valence-corrected chi connectivity index (χ4v) is 4.35. The van der Waals surface area contributed by atoms with E-state index in [1.165, 1.54) is 31.4 Å². The zero-order chi connectivity index (χ0) is 20.2. The van der Waals surface area contributed by atoms with E-state index in [0.717, 1.165) is 37.7 Å². The van der Waals surface area contributed by atoms with Crippen LogP contribution in [-0.4, -0.2) is 65.2 Å². The van der Waals surface area contributed by atoms with Crippen LogP contribution in [0.15, 0.2) is 36.7 Å². The van der Waals surface area contributed by atoms with Crippen LogP contribution < -0.4 is 10.2 Å². The fourth-order valence-electron chi connectivity index (χ4n) is 4.35. The maximum Gasteiger partial charge on any atom is 0.321 e. The van der Waals surface area contributed by atoms with Gasteiger partial charge in [-0.3, -0.25) is 4.90 Å². The first-order chi connectivity index (χ1) is 14.1. The summed E-state index contributed by atoms with van der Waals surface area (Å²) in [6.45, 7) is 4.38. The van der Waals surface area contributed by atoms with Crippen molar-refractivity contribution in [1.29, 1.82) is 0 Å². The van der Waals surface area contributed by atoms with Crippen molar-refractivity contribution in [2.75, 3.05) is 50.0 Å². The van der Waals surface area contributed by atoms with E-state index in [1.807, 2.05) is 41.0 Å². The average molecular weight is 397 g/mol. The van der Waals surface area contributed by atoms with Gasteiger partial charge >= 0.3 is 6.03 Å². The Balaban J connectivity index is 1.42. The molecule has 2 aliphatic heterocycles. The van der Waals surface area contributed by atoms with Crippen LogP contribution in [0.25, 0.3) is 0 Å². The lowest BCUT2D eigenvalue weighted by atomic mass is 10.1. The lowest BCUT2D eigenvalue weighted by molar-refractivity contribution is 0.110. The quantitative estimate of drug-likeness (QED) is 0.865. The third kappa shape index (κ3) is 4.56. The van der Waals surface area contributed by atoms with Gasteiger partial charge in [-0.25, -0.2) is 9.78 Å². The highest BCUT2D eigenvalue weighted by atomic mass is 16.2. The minimum Gasteiger partial charge on any atom is -0.371 e. The Bertz CT molecular complexity index is 826. The SMILES string of the molecule is CN1CCN(C(=O)Nc2cccc(N3CCCCCC3)c2)CC1c1nccn1C. The highest BCUT2D eigenvalue weighted by Gasteiger charge is 2.30. The Labute approximate surface area is 173 Å². The predicted molar refractivity (Wildman–Crippen MR) is 116 cm³/mol. The molecule has 2 fully saturated rings. The number of hydrogen-bond acceptors (Lipinski definition) is 4. The molecule has 3 heterocycles. The van der Waals surface area contributed by atoms with Crippen LogP contribution in [0.5, 0.6) is 0 Å². The summed E-state index contributed by atoms with van der Waals surface area (Å²) < 4.78 is 2.03. The number of likely N-dealkylation sites (N-methyl/N-ethyl adjacent to an activating group) is 1. The van der Waals surface area contributed by atoms with Crippen LogP contribution in [0.4, 0.5) is 16.2 Å². The average Bonchev–Trinajstić information content (AvgIpc) is 2.98. The molecule has 1 aromatic heterocycles. The number of hydrogen-bond donors (Lipinski definition) is 1. The number of nitrogens with zero attached hydrogens (tertiary/aromatic N) is 5. The number of aryl methyl sites for hydroxylation is 1. The molecule has 7 heteroatoms. The smallest absolute Gasteiger partial charge is 0.321 e. The summed E-state index contributed by atoms with van der Waals surface area (Å²) in [6.07, 6.45) is 8.88. The summed E-state index contributed by atoms with van der Waals surface area (Å²) in [7, 11) is 4.10. The molecule has 0 saturated carbocycles. The second-order valence-electron chi connectivity index (χ2n) is 8.22. The molecule has 29 heavy (non-hydrogen) atoms. The number of carbonyl (C=O) groups is 1. The molecular formula is C22H32N6O. The second kappa shape index (κ2) is 8.86. The number of aromatic nitrogens is 2. The van der Waals surface area contributed by atoms with Crippen molar-refractivity contribution in [3.8, 4) is 0 Å². The Hall–Kier alpha value is -2.54. The van der Waals surface area contributed by atoms with Gasteiger partial charge in [0.05, 0.1) is 6.04 Å². The molecule has 1 aromatic carbocycles. The van der Waals surface area contributed by atoms with Gasteiger partial charge < -0.3 is 19.7 Å². The summed E-state index contributed by atoms with van der Waals surface area (Å²) in [5.41, 5.74) is 2.07. The largest absolute Gasteiger partial charge is 0.371 e. The number of piperazine rings is 1. The van der Waals surface area contributed by atoms with E-state index < -0.39 is 0 Å². The maximum absolute atomic E-state index is 13.0. The topological polar surface area (TPSA) is 56.6 Å². The monoisotopic (exact) mass is 396 g/mol. The van der Waals surface area contributed by atoms with E-state index in [9.17, 15) is 4.79 Å². The van der Waals surface area contributed by atoms with Crippen molar-refractivity contribution in [1.82, 2.24) is 19.4 Å². The Morgan fingerprint density at radius 3 is 2.59 bits per heavy atom. The Kier molecular flexibility index (Phi) is 6.04. The van der Waals surface area contributed by atoms with Crippen LogP contribution in [0, 0.1) is 0 Å². The van der Waals surface area contributed by atoms with Gasteiger partial charge in [-0.15, -0.1) is 0 Å². The van der Waals surface area contributed by atoms with Crippen LogP contribution >= 0.6 is 0 Å². The van der Waals surface area contributed by atoms with E-state index in [0.29, 0.717) is 6.54 Å². The molecule has 156 valence electrons. The summed E-state index contributed by atoms with van der Waals surface area (Å²) in [5, 5.41) is 3.12. The first-order valence-corrected chi connectivity index (χ1v) is 10.7. The number of rotatable bonds is 3. The Morgan fingerprint density at radius 2 is 1.86 bits per heavy atom. The number of imidazole rings is 1. The summed E-state index contributed by atoms with van der Waals surface area (Å²) in [5.74, 6) is 0.994. The van der Waals surface area contributed by atoms with Gasteiger partial charge in [0.25, 0.3) is 0 Å². The molecule has 7 nitrogen and oxygen atoms in total. The minimum absolute atomic E-state index is 0.0367. The molecular weight excluding hydrogens is 364 g/mol. The summed E-state index contributed by atoms with van der Waals surface area (Å²) >= 11 is 0. The molecule has 2 amide bonds. The molecule has 1 atom stereocenters.